The van der Waals surface area contributed by atoms with Crippen LogP contribution in [-0.4, -0.2) is 25.6 Å². The number of thiazole rings is 1. The van der Waals surface area contributed by atoms with Crippen LogP contribution < -0.4 is 9.46 Å². The van der Waals surface area contributed by atoms with Gasteiger partial charge in [-0.2, -0.15) is 0 Å². The summed E-state index contributed by atoms with van der Waals surface area (Å²) < 4.78 is 33.7. The van der Waals surface area contributed by atoms with Gasteiger partial charge in [-0.3, -0.25) is 4.72 Å². The second-order valence-electron chi connectivity index (χ2n) is 4.65. The molecule has 0 atom stereocenters. The number of rotatable bonds is 6. The van der Waals surface area contributed by atoms with E-state index in [1.807, 2.05) is 24.3 Å². The Morgan fingerprint density at radius 1 is 1.17 bits per heavy atom. The molecule has 2 aromatic carbocycles. The molecule has 0 bridgehead atoms. The SMILES string of the molecule is COc1ccc(NS(=O)(=O)CSc2nc3ccccc3s2)cc1. The minimum Gasteiger partial charge on any atom is -0.497 e. The number of nitrogens with zero attached hydrogens (tertiary/aromatic N) is 1. The fourth-order valence-corrected chi connectivity index (χ4v) is 5.46. The molecule has 1 N–H and O–H groups in total. The van der Waals surface area contributed by atoms with E-state index in [1.165, 1.54) is 23.1 Å². The molecule has 0 fully saturated rings. The Morgan fingerprint density at radius 2 is 1.91 bits per heavy atom. The molecule has 0 amide bonds. The summed E-state index contributed by atoms with van der Waals surface area (Å²) in [5.41, 5.74) is 1.40. The molecule has 120 valence electrons. The Kier molecular flexibility index (Phi) is 4.74. The van der Waals surface area contributed by atoms with Crippen molar-refractivity contribution < 1.29 is 13.2 Å². The number of hydrogen-bond acceptors (Lipinski definition) is 6. The van der Waals surface area contributed by atoms with Crippen molar-refractivity contribution in [1.82, 2.24) is 4.98 Å². The summed E-state index contributed by atoms with van der Waals surface area (Å²) >= 11 is 2.70. The predicted octanol–water partition coefficient (Wildman–Crippen LogP) is 3.80. The Morgan fingerprint density at radius 3 is 2.61 bits per heavy atom. The highest BCUT2D eigenvalue weighted by atomic mass is 32.3. The fourth-order valence-electron chi connectivity index (χ4n) is 1.91. The van der Waals surface area contributed by atoms with Gasteiger partial charge >= 0.3 is 0 Å². The van der Waals surface area contributed by atoms with Gasteiger partial charge in [0.1, 0.15) is 10.8 Å². The maximum atomic E-state index is 12.2. The second-order valence-corrected chi connectivity index (χ2v) is 9.00. The lowest BCUT2D eigenvalue weighted by Crippen LogP contribution is -2.14. The van der Waals surface area contributed by atoms with Gasteiger partial charge in [0.25, 0.3) is 0 Å². The topological polar surface area (TPSA) is 68.3 Å². The average Bonchev–Trinajstić information content (AvgIpc) is 2.96. The molecule has 0 radical (unpaired) electrons. The summed E-state index contributed by atoms with van der Waals surface area (Å²) in [6.07, 6.45) is 0. The Bertz CT molecular complexity index is 872. The zero-order valence-electron chi connectivity index (χ0n) is 12.2. The summed E-state index contributed by atoms with van der Waals surface area (Å²) in [6, 6.07) is 14.5. The highest BCUT2D eigenvalue weighted by Crippen LogP contribution is 2.30. The molecule has 5 nitrogen and oxygen atoms in total. The predicted molar refractivity (Wildman–Crippen MR) is 95.9 cm³/mol. The number of thioether (sulfide) groups is 1. The third kappa shape index (κ3) is 4.15. The van der Waals surface area contributed by atoms with Crippen LogP contribution in [0.1, 0.15) is 0 Å². The van der Waals surface area contributed by atoms with Crippen LogP contribution in [0.4, 0.5) is 5.69 Å². The monoisotopic (exact) mass is 366 g/mol. The first-order valence-corrected chi connectivity index (χ1v) is 10.1. The van der Waals surface area contributed by atoms with Gasteiger partial charge in [0.15, 0.2) is 4.34 Å². The molecule has 23 heavy (non-hydrogen) atoms. The van der Waals surface area contributed by atoms with E-state index in [0.717, 1.165) is 14.6 Å². The van der Waals surface area contributed by atoms with Crippen LogP contribution in [0.2, 0.25) is 0 Å². The summed E-state index contributed by atoms with van der Waals surface area (Å²) in [4.78, 5) is 4.42. The minimum atomic E-state index is -3.45. The number of benzene rings is 2. The van der Waals surface area contributed by atoms with Gasteiger partial charge in [0.2, 0.25) is 10.0 Å². The standard InChI is InChI=1S/C15H14N2O3S3/c1-20-12-8-6-11(7-9-12)17-23(18,19)10-21-15-16-13-4-2-3-5-14(13)22-15/h2-9,17H,10H2,1H3. The number of sulfonamides is 1. The van der Waals surface area contributed by atoms with Gasteiger partial charge in [0.05, 0.1) is 17.3 Å². The first-order chi connectivity index (χ1) is 11.1. The molecule has 1 aromatic heterocycles. The highest BCUT2D eigenvalue weighted by Gasteiger charge is 2.13. The number of methoxy groups -OCH3 is 1. The molecule has 0 aliphatic heterocycles. The van der Waals surface area contributed by atoms with Crippen molar-refractivity contribution in [3.63, 3.8) is 0 Å². The molecule has 0 spiro atoms. The van der Waals surface area contributed by atoms with Crippen LogP contribution in [0.5, 0.6) is 5.75 Å². The average molecular weight is 366 g/mol. The summed E-state index contributed by atoms with van der Waals surface area (Å²) in [7, 11) is -1.89. The zero-order valence-corrected chi connectivity index (χ0v) is 14.7. The van der Waals surface area contributed by atoms with Crippen LogP contribution in [0.25, 0.3) is 10.2 Å². The van der Waals surface area contributed by atoms with Crippen LogP contribution in [0.15, 0.2) is 52.9 Å². The number of fused-ring (bicyclic) bond motifs is 1. The van der Waals surface area contributed by atoms with E-state index in [0.29, 0.717) is 11.4 Å². The lowest BCUT2D eigenvalue weighted by Gasteiger charge is -2.07. The van der Waals surface area contributed by atoms with Crippen molar-refractivity contribution >= 4 is 49.0 Å². The number of anilines is 1. The van der Waals surface area contributed by atoms with E-state index in [2.05, 4.69) is 9.71 Å². The quantitative estimate of drug-likeness (QED) is 0.672. The van der Waals surface area contributed by atoms with Gasteiger partial charge in [-0.05, 0) is 36.4 Å². The van der Waals surface area contributed by atoms with Crippen molar-refractivity contribution in [1.29, 1.82) is 0 Å². The van der Waals surface area contributed by atoms with Gasteiger partial charge in [-0.15, -0.1) is 11.3 Å². The summed E-state index contributed by atoms with van der Waals surface area (Å²) in [5.74, 6) is 0.678. The zero-order chi connectivity index (χ0) is 16.3. The maximum absolute atomic E-state index is 12.2. The van der Waals surface area contributed by atoms with E-state index in [-0.39, 0.29) is 5.08 Å². The van der Waals surface area contributed by atoms with E-state index >= 15 is 0 Å². The van der Waals surface area contributed by atoms with Crippen molar-refractivity contribution in [2.75, 3.05) is 16.9 Å². The van der Waals surface area contributed by atoms with Gasteiger partial charge in [-0.25, -0.2) is 13.4 Å². The van der Waals surface area contributed by atoms with Crippen LogP contribution in [0, 0.1) is 0 Å². The van der Waals surface area contributed by atoms with E-state index < -0.39 is 10.0 Å². The molecule has 0 aliphatic rings. The fraction of sp³-hybridized carbons (Fsp3) is 0.133. The first-order valence-electron chi connectivity index (χ1n) is 6.69. The first kappa shape index (κ1) is 16.1. The molecule has 3 aromatic rings. The third-order valence-corrected chi connectivity index (χ3v) is 7.01. The van der Waals surface area contributed by atoms with Crippen molar-refractivity contribution in [3.8, 4) is 5.75 Å². The smallest absolute Gasteiger partial charge is 0.242 e. The van der Waals surface area contributed by atoms with Crippen molar-refractivity contribution in [2.45, 2.75) is 4.34 Å². The number of hydrogen-bond donors (Lipinski definition) is 1. The molecule has 1 heterocycles. The molecule has 8 heteroatoms. The lowest BCUT2D eigenvalue weighted by molar-refractivity contribution is 0.415. The van der Waals surface area contributed by atoms with Crippen molar-refractivity contribution in [3.05, 3.63) is 48.5 Å². The number of nitrogens with one attached hydrogen (secondary N) is 1. The van der Waals surface area contributed by atoms with Crippen molar-refractivity contribution in [2.24, 2.45) is 0 Å². The Hall–Kier alpha value is -1.77. The normalized spacial score (nSPS) is 11.5. The Labute approximate surface area is 142 Å². The van der Waals surface area contributed by atoms with E-state index in [4.69, 9.17) is 4.74 Å². The number of aromatic nitrogens is 1. The lowest BCUT2D eigenvalue weighted by atomic mass is 10.3. The molecule has 0 saturated carbocycles. The summed E-state index contributed by atoms with van der Waals surface area (Å²) in [6.45, 7) is 0. The second kappa shape index (κ2) is 6.77. The highest BCUT2D eigenvalue weighted by molar-refractivity contribution is 8.13. The minimum absolute atomic E-state index is 0.0845. The van der Waals surface area contributed by atoms with E-state index in [1.54, 1.807) is 31.4 Å². The molecular formula is C15H14N2O3S3. The van der Waals surface area contributed by atoms with E-state index in [9.17, 15) is 8.42 Å². The molecule has 0 aliphatic carbocycles. The molecule has 0 unspecified atom stereocenters. The largest absolute Gasteiger partial charge is 0.497 e. The third-order valence-electron chi connectivity index (χ3n) is 2.98. The summed E-state index contributed by atoms with van der Waals surface area (Å²) in [5, 5.41) is -0.0845. The van der Waals surface area contributed by atoms with Gasteiger partial charge in [-0.1, -0.05) is 23.9 Å². The molecular weight excluding hydrogens is 352 g/mol. The molecule has 0 saturated heterocycles. The maximum Gasteiger partial charge on any atom is 0.242 e. The number of ether oxygens (including phenoxy) is 1. The van der Waals surface area contributed by atoms with Crippen LogP contribution >= 0.6 is 23.1 Å². The Balaban J connectivity index is 1.65. The van der Waals surface area contributed by atoms with Crippen LogP contribution in [0.3, 0.4) is 0 Å². The number of para-hydroxylation sites is 1. The van der Waals surface area contributed by atoms with Gasteiger partial charge in [0, 0.05) is 5.69 Å². The van der Waals surface area contributed by atoms with Gasteiger partial charge < -0.3 is 4.74 Å². The van der Waals surface area contributed by atoms with Crippen LogP contribution in [-0.2, 0) is 10.0 Å². The molecule has 3 rings (SSSR count).